The molecule has 1 rings (SSSR count). The Labute approximate surface area is 108 Å². The van der Waals surface area contributed by atoms with Gasteiger partial charge < -0.3 is 5.73 Å². The molecule has 2 N–H and O–H groups in total. The normalized spacial score (nSPS) is 13.1. The molecule has 0 spiro atoms. The molecule has 0 aliphatic heterocycles. The molecule has 16 heavy (non-hydrogen) atoms. The minimum atomic E-state index is 0.186. The first-order valence-corrected chi connectivity index (χ1v) is 7.92. The van der Waals surface area contributed by atoms with Crippen molar-refractivity contribution in [1.82, 2.24) is 0 Å². The van der Waals surface area contributed by atoms with Crippen molar-refractivity contribution in [1.29, 1.82) is 0 Å². The largest absolute Gasteiger partial charge is 0.324 e. The third-order valence-corrected chi connectivity index (χ3v) is 3.97. The van der Waals surface area contributed by atoms with Crippen LogP contribution in [0.3, 0.4) is 0 Å². The number of benzene rings is 1. The fourth-order valence-corrected chi connectivity index (χ4v) is 2.80. The molecule has 1 aromatic carbocycles. The molecule has 90 valence electrons. The summed E-state index contributed by atoms with van der Waals surface area (Å²) in [5.74, 6) is 1.13. The number of hydrogen-bond acceptors (Lipinski definition) is 3. The lowest BCUT2D eigenvalue weighted by Gasteiger charge is -2.12. The summed E-state index contributed by atoms with van der Waals surface area (Å²) in [7, 11) is 0. The van der Waals surface area contributed by atoms with E-state index in [9.17, 15) is 0 Å². The summed E-state index contributed by atoms with van der Waals surface area (Å²) >= 11 is 3.74. The monoisotopic (exact) mass is 255 g/mol. The number of nitrogens with two attached hydrogens (primary N) is 1. The Morgan fingerprint density at radius 3 is 2.31 bits per heavy atom. The minimum absolute atomic E-state index is 0.186. The van der Waals surface area contributed by atoms with E-state index in [-0.39, 0.29) is 6.04 Å². The molecule has 3 heteroatoms. The van der Waals surface area contributed by atoms with Gasteiger partial charge in [-0.05, 0) is 36.1 Å². The minimum Gasteiger partial charge on any atom is -0.324 e. The SMILES string of the molecule is CSCCC(N)c1ccc(SC(C)C)cc1. The van der Waals surface area contributed by atoms with Crippen molar-refractivity contribution in [2.24, 2.45) is 5.73 Å². The van der Waals surface area contributed by atoms with Crippen LogP contribution in [-0.2, 0) is 0 Å². The summed E-state index contributed by atoms with van der Waals surface area (Å²) in [5, 5.41) is 0.635. The van der Waals surface area contributed by atoms with Crippen LogP contribution in [0.5, 0.6) is 0 Å². The molecule has 1 atom stereocenters. The molecule has 1 unspecified atom stereocenters. The van der Waals surface area contributed by atoms with Crippen LogP contribution in [0.2, 0.25) is 0 Å². The first-order chi connectivity index (χ1) is 7.63. The Hall–Kier alpha value is -0.120. The lowest BCUT2D eigenvalue weighted by Crippen LogP contribution is -2.10. The molecule has 1 nitrogen and oxygen atoms in total. The maximum atomic E-state index is 6.11. The van der Waals surface area contributed by atoms with Crippen molar-refractivity contribution in [3.8, 4) is 0 Å². The summed E-state index contributed by atoms with van der Waals surface area (Å²) in [4.78, 5) is 1.33. The first-order valence-electron chi connectivity index (χ1n) is 5.64. The average molecular weight is 255 g/mol. The highest BCUT2D eigenvalue weighted by Crippen LogP contribution is 2.25. The van der Waals surface area contributed by atoms with Crippen LogP contribution in [0.25, 0.3) is 0 Å². The Bertz CT molecular complexity index is 295. The predicted molar refractivity (Wildman–Crippen MR) is 77.4 cm³/mol. The molecular formula is C13H21NS2. The van der Waals surface area contributed by atoms with Crippen LogP contribution < -0.4 is 5.73 Å². The van der Waals surface area contributed by atoms with E-state index in [0.29, 0.717) is 5.25 Å². The van der Waals surface area contributed by atoms with Crippen molar-refractivity contribution in [2.45, 2.75) is 36.5 Å². The fourth-order valence-electron chi connectivity index (χ4n) is 1.48. The van der Waals surface area contributed by atoms with Crippen molar-refractivity contribution in [2.75, 3.05) is 12.0 Å². The zero-order chi connectivity index (χ0) is 12.0. The molecule has 0 fully saturated rings. The van der Waals surface area contributed by atoms with Crippen molar-refractivity contribution < 1.29 is 0 Å². The van der Waals surface area contributed by atoms with Crippen LogP contribution in [0, 0.1) is 0 Å². The van der Waals surface area contributed by atoms with Crippen LogP contribution in [0.4, 0.5) is 0 Å². The lowest BCUT2D eigenvalue weighted by molar-refractivity contribution is 0.705. The second-order valence-corrected chi connectivity index (χ2v) is 6.76. The van der Waals surface area contributed by atoms with E-state index >= 15 is 0 Å². The van der Waals surface area contributed by atoms with Gasteiger partial charge in [0.2, 0.25) is 0 Å². The second-order valence-electron chi connectivity index (χ2n) is 4.12. The molecule has 0 amide bonds. The third-order valence-electron chi connectivity index (χ3n) is 2.31. The van der Waals surface area contributed by atoms with Crippen LogP contribution in [-0.4, -0.2) is 17.3 Å². The van der Waals surface area contributed by atoms with E-state index in [1.807, 2.05) is 23.5 Å². The smallest absolute Gasteiger partial charge is 0.0302 e. The van der Waals surface area contributed by atoms with Gasteiger partial charge in [0, 0.05) is 16.2 Å². The van der Waals surface area contributed by atoms with Crippen LogP contribution >= 0.6 is 23.5 Å². The van der Waals surface area contributed by atoms with Crippen molar-refractivity contribution in [3.63, 3.8) is 0 Å². The highest BCUT2D eigenvalue weighted by molar-refractivity contribution is 7.99. The molecule has 0 saturated carbocycles. The van der Waals surface area contributed by atoms with Gasteiger partial charge >= 0.3 is 0 Å². The zero-order valence-corrected chi connectivity index (χ0v) is 11.9. The van der Waals surface area contributed by atoms with Gasteiger partial charge in [-0.3, -0.25) is 0 Å². The maximum absolute atomic E-state index is 6.11. The van der Waals surface area contributed by atoms with Crippen LogP contribution in [0.1, 0.15) is 31.9 Å². The van der Waals surface area contributed by atoms with Crippen LogP contribution in [0.15, 0.2) is 29.2 Å². The highest BCUT2D eigenvalue weighted by Gasteiger charge is 2.05. The third kappa shape index (κ3) is 4.81. The molecule has 0 bridgehead atoms. The Morgan fingerprint density at radius 1 is 1.19 bits per heavy atom. The topological polar surface area (TPSA) is 26.0 Å². The van der Waals surface area contributed by atoms with Gasteiger partial charge in [0.25, 0.3) is 0 Å². The predicted octanol–water partition coefficient (Wildman–Crippen LogP) is 3.94. The van der Waals surface area contributed by atoms with Gasteiger partial charge in [-0.1, -0.05) is 26.0 Å². The van der Waals surface area contributed by atoms with Crippen molar-refractivity contribution >= 4 is 23.5 Å². The molecule has 0 aromatic heterocycles. The molecule has 0 saturated heterocycles. The maximum Gasteiger partial charge on any atom is 0.0302 e. The summed E-state index contributed by atoms with van der Waals surface area (Å²) in [6.07, 6.45) is 3.17. The summed E-state index contributed by atoms with van der Waals surface area (Å²) in [6, 6.07) is 8.87. The first kappa shape index (κ1) is 13.9. The van der Waals surface area contributed by atoms with Gasteiger partial charge in [0.05, 0.1) is 0 Å². The van der Waals surface area contributed by atoms with Crippen molar-refractivity contribution in [3.05, 3.63) is 29.8 Å². The van der Waals surface area contributed by atoms with Gasteiger partial charge in [-0.15, -0.1) is 11.8 Å². The Balaban J connectivity index is 2.56. The van der Waals surface area contributed by atoms with Gasteiger partial charge in [-0.2, -0.15) is 11.8 Å². The Kier molecular flexibility index (Phi) is 6.32. The molecule has 0 heterocycles. The van der Waals surface area contributed by atoms with Gasteiger partial charge in [-0.25, -0.2) is 0 Å². The van der Waals surface area contributed by atoms with Gasteiger partial charge in [0.15, 0.2) is 0 Å². The summed E-state index contributed by atoms with van der Waals surface area (Å²) in [5.41, 5.74) is 7.36. The summed E-state index contributed by atoms with van der Waals surface area (Å²) in [6.45, 7) is 4.42. The highest BCUT2D eigenvalue weighted by atomic mass is 32.2. The molecular weight excluding hydrogens is 234 g/mol. The quantitative estimate of drug-likeness (QED) is 0.780. The zero-order valence-electron chi connectivity index (χ0n) is 10.3. The lowest BCUT2D eigenvalue weighted by atomic mass is 10.1. The van der Waals surface area contributed by atoms with E-state index in [2.05, 4.69) is 44.4 Å². The van der Waals surface area contributed by atoms with E-state index in [1.54, 1.807) is 0 Å². The Morgan fingerprint density at radius 2 is 1.81 bits per heavy atom. The van der Waals surface area contributed by atoms with E-state index in [0.717, 1.165) is 12.2 Å². The molecule has 1 aromatic rings. The second kappa shape index (κ2) is 7.25. The molecule has 0 radical (unpaired) electrons. The van der Waals surface area contributed by atoms with E-state index in [1.165, 1.54) is 10.5 Å². The van der Waals surface area contributed by atoms with E-state index < -0.39 is 0 Å². The fraction of sp³-hybridized carbons (Fsp3) is 0.538. The van der Waals surface area contributed by atoms with E-state index in [4.69, 9.17) is 5.73 Å². The molecule has 0 aliphatic rings. The number of hydrogen-bond donors (Lipinski definition) is 1. The van der Waals surface area contributed by atoms with Gasteiger partial charge in [0.1, 0.15) is 0 Å². The standard InChI is InChI=1S/C13H21NS2/c1-10(2)16-12-6-4-11(5-7-12)13(14)8-9-15-3/h4-7,10,13H,8-9,14H2,1-3H3. The average Bonchev–Trinajstić information content (AvgIpc) is 2.26. The molecule has 0 aliphatic carbocycles. The number of thioether (sulfide) groups is 2. The summed E-state index contributed by atoms with van der Waals surface area (Å²) < 4.78 is 0. The number of rotatable bonds is 6.